The lowest BCUT2D eigenvalue weighted by atomic mass is 10.1. The van der Waals surface area contributed by atoms with Crippen LogP contribution in [0, 0.1) is 0 Å². The number of aromatic nitrogens is 2. The lowest BCUT2D eigenvalue weighted by Gasteiger charge is -2.02. The predicted octanol–water partition coefficient (Wildman–Crippen LogP) is 3.06. The normalized spacial score (nSPS) is 10.4. The van der Waals surface area contributed by atoms with E-state index in [9.17, 15) is 4.79 Å². The zero-order chi connectivity index (χ0) is 13.9. The summed E-state index contributed by atoms with van der Waals surface area (Å²) in [7, 11) is 0. The molecule has 1 heterocycles. The molecular formula is C13H24N4OS. The van der Waals surface area contributed by atoms with Crippen LogP contribution >= 0.6 is 11.3 Å². The lowest BCUT2D eigenvalue weighted by molar-refractivity contribution is 0.0952. The van der Waals surface area contributed by atoms with E-state index in [1.165, 1.54) is 43.4 Å². The molecule has 0 saturated carbocycles. The highest BCUT2D eigenvalue weighted by Crippen LogP contribution is 2.14. The topological polar surface area (TPSA) is 66.9 Å². The van der Waals surface area contributed by atoms with Crippen molar-refractivity contribution in [2.24, 2.45) is 0 Å². The van der Waals surface area contributed by atoms with E-state index in [0.29, 0.717) is 10.1 Å². The smallest absolute Gasteiger partial charge is 0.282 e. The maximum Gasteiger partial charge on any atom is 0.282 e. The zero-order valence-corrected chi connectivity index (χ0v) is 12.7. The van der Waals surface area contributed by atoms with E-state index in [1.54, 1.807) is 0 Å². The summed E-state index contributed by atoms with van der Waals surface area (Å²) in [6, 6.07) is 0. The summed E-state index contributed by atoms with van der Waals surface area (Å²) in [5.41, 5.74) is 0. The second kappa shape index (κ2) is 9.72. The molecule has 0 unspecified atom stereocenters. The van der Waals surface area contributed by atoms with Crippen molar-refractivity contribution in [1.82, 2.24) is 15.5 Å². The maximum atomic E-state index is 11.8. The van der Waals surface area contributed by atoms with Gasteiger partial charge in [0.05, 0.1) is 0 Å². The number of hydrogen-bond acceptors (Lipinski definition) is 5. The van der Waals surface area contributed by atoms with Gasteiger partial charge in [0.2, 0.25) is 10.1 Å². The van der Waals surface area contributed by atoms with Crippen LogP contribution < -0.4 is 10.6 Å². The second-order valence-electron chi connectivity index (χ2n) is 4.47. The van der Waals surface area contributed by atoms with Crippen LogP contribution in [0.5, 0.6) is 0 Å². The molecule has 2 N–H and O–H groups in total. The molecule has 0 saturated heterocycles. The molecule has 0 radical (unpaired) electrons. The second-order valence-corrected chi connectivity index (χ2v) is 5.44. The molecular weight excluding hydrogens is 260 g/mol. The molecule has 0 bridgehead atoms. The third-order valence-corrected chi connectivity index (χ3v) is 3.64. The molecule has 0 aliphatic heterocycles. The van der Waals surface area contributed by atoms with Crippen LogP contribution in [0.3, 0.4) is 0 Å². The molecule has 0 fully saturated rings. The molecule has 1 aromatic rings. The van der Waals surface area contributed by atoms with Crippen molar-refractivity contribution in [2.75, 3.05) is 18.4 Å². The molecule has 19 heavy (non-hydrogen) atoms. The quantitative estimate of drug-likeness (QED) is 0.648. The highest BCUT2D eigenvalue weighted by molar-refractivity contribution is 7.17. The van der Waals surface area contributed by atoms with Crippen LogP contribution in [0.1, 0.15) is 62.2 Å². The van der Waals surface area contributed by atoms with Gasteiger partial charge in [0, 0.05) is 13.1 Å². The summed E-state index contributed by atoms with van der Waals surface area (Å²) >= 11 is 1.30. The first-order chi connectivity index (χ1) is 9.27. The minimum absolute atomic E-state index is 0.116. The zero-order valence-electron chi connectivity index (χ0n) is 11.9. The number of anilines is 1. The number of hydrogen-bond donors (Lipinski definition) is 2. The number of nitrogens with zero attached hydrogens (tertiary/aromatic N) is 2. The predicted molar refractivity (Wildman–Crippen MR) is 79.8 cm³/mol. The van der Waals surface area contributed by atoms with Gasteiger partial charge in [-0.05, 0) is 13.3 Å². The fourth-order valence-electron chi connectivity index (χ4n) is 1.72. The van der Waals surface area contributed by atoms with Gasteiger partial charge in [0.1, 0.15) is 0 Å². The summed E-state index contributed by atoms with van der Waals surface area (Å²) < 4.78 is 0. The Balaban J connectivity index is 2.13. The van der Waals surface area contributed by atoms with E-state index in [-0.39, 0.29) is 5.91 Å². The van der Waals surface area contributed by atoms with Crippen molar-refractivity contribution >= 4 is 22.4 Å². The molecule has 6 heteroatoms. The molecule has 108 valence electrons. The van der Waals surface area contributed by atoms with E-state index in [4.69, 9.17) is 0 Å². The largest absolute Gasteiger partial charge is 0.360 e. The van der Waals surface area contributed by atoms with Gasteiger partial charge in [-0.3, -0.25) is 4.79 Å². The van der Waals surface area contributed by atoms with Crippen molar-refractivity contribution in [1.29, 1.82) is 0 Å². The molecule has 1 amide bonds. The van der Waals surface area contributed by atoms with E-state index in [2.05, 4.69) is 27.8 Å². The van der Waals surface area contributed by atoms with Gasteiger partial charge in [-0.25, -0.2) is 0 Å². The van der Waals surface area contributed by atoms with Gasteiger partial charge in [-0.2, -0.15) is 0 Å². The Morgan fingerprint density at radius 1 is 1.11 bits per heavy atom. The van der Waals surface area contributed by atoms with Gasteiger partial charge in [-0.1, -0.05) is 50.4 Å². The third kappa shape index (κ3) is 6.52. The van der Waals surface area contributed by atoms with Crippen LogP contribution in [0.2, 0.25) is 0 Å². The summed E-state index contributed by atoms with van der Waals surface area (Å²) in [5, 5.41) is 14.8. The standard InChI is InChI=1S/C13H24N4OS/c1-3-5-6-7-8-9-10-15-11(18)12-16-17-13(19-12)14-4-2/h3-10H2,1-2H3,(H,14,17)(H,15,18). The molecule has 1 rings (SSSR count). The van der Waals surface area contributed by atoms with Gasteiger partial charge < -0.3 is 10.6 Å². The van der Waals surface area contributed by atoms with Crippen molar-refractivity contribution in [2.45, 2.75) is 52.4 Å². The van der Waals surface area contributed by atoms with Gasteiger partial charge in [0.25, 0.3) is 5.91 Å². The number of unbranched alkanes of at least 4 members (excludes halogenated alkanes) is 5. The molecule has 0 aliphatic rings. The molecule has 5 nitrogen and oxygen atoms in total. The molecule has 0 spiro atoms. The fraction of sp³-hybridized carbons (Fsp3) is 0.769. The lowest BCUT2D eigenvalue weighted by Crippen LogP contribution is -2.24. The van der Waals surface area contributed by atoms with Gasteiger partial charge in [-0.15, -0.1) is 10.2 Å². The van der Waals surface area contributed by atoms with Crippen LogP contribution in [0.4, 0.5) is 5.13 Å². The molecule has 1 aromatic heterocycles. The van der Waals surface area contributed by atoms with Crippen LogP contribution in [0.15, 0.2) is 0 Å². The monoisotopic (exact) mass is 284 g/mol. The first kappa shape index (κ1) is 15.9. The summed E-state index contributed by atoms with van der Waals surface area (Å²) in [5.74, 6) is -0.116. The Bertz CT molecular complexity index is 367. The Morgan fingerprint density at radius 3 is 2.58 bits per heavy atom. The number of carbonyl (C=O) groups is 1. The van der Waals surface area contributed by atoms with E-state index in [0.717, 1.165) is 19.5 Å². The van der Waals surface area contributed by atoms with Crippen LogP contribution in [0.25, 0.3) is 0 Å². The van der Waals surface area contributed by atoms with Crippen molar-refractivity contribution in [3.8, 4) is 0 Å². The number of nitrogens with one attached hydrogen (secondary N) is 2. The number of rotatable bonds is 10. The van der Waals surface area contributed by atoms with E-state index in [1.807, 2.05) is 6.92 Å². The third-order valence-electron chi connectivity index (χ3n) is 2.76. The maximum absolute atomic E-state index is 11.8. The van der Waals surface area contributed by atoms with Crippen molar-refractivity contribution in [3.05, 3.63) is 5.01 Å². The molecule has 0 atom stereocenters. The Kier molecular flexibility index (Phi) is 8.13. The van der Waals surface area contributed by atoms with Crippen molar-refractivity contribution in [3.63, 3.8) is 0 Å². The van der Waals surface area contributed by atoms with E-state index >= 15 is 0 Å². The average molecular weight is 284 g/mol. The summed E-state index contributed by atoms with van der Waals surface area (Å²) in [6.45, 7) is 5.71. The Hall–Kier alpha value is -1.17. The highest BCUT2D eigenvalue weighted by Gasteiger charge is 2.11. The van der Waals surface area contributed by atoms with Gasteiger partial charge in [0.15, 0.2) is 0 Å². The average Bonchev–Trinajstić information content (AvgIpc) is 2.87. The van der Waals surface area contributed by atoms with E-state index < -0.39 is 0 Å². The highest BCUT2D eigenvalue weighted by atomic mass is 32.1. The minimum Gasteiger partial charge on any atom is -0.360 e. The Morgan fingerprint density at radius 2 is 1.84 bits per heavy atom. The molecule has 0 aliphatic carbocycles. The first-order valence-corrected chi connectivity index (χ1v) is 7.95. The van der Waals surface area contributed by atoms with Gasteiger partial charge >= 0.3 is 0 Å². The Labute approximate surface area is 119 Å². The SMILES string of the molecule is CCCCCCCCNC(=O)c1nnc(NCC)s1. The number of amides is 1. The number of carbonyl (C=O) groups excluding carboxylic acids is 1. The van der Waals surface area contributed by atoms with Crippen molar-refractivity contribution < 1.29 is 4.79 Å². The van der Waals surface area contributed by atoms with Crippen LogP contribution in [-0.4, -0.2) is 29.2 Å². The summed E-state index contributed by atoms with van der Waals surface area (Å²) in [6.07, 6.45) is 7.35. The van der Waals surface area contributed by atoms with Crippen LogP contribution in [-0.2, 0) is 0 Å². The minimum atomic E-state index is -0.116. The molecule has 0 aromatic carbocycles. The summed E-state index contributed by atoms with van der Waals surface area (Å²) in [4.78, 5) is 11.8. The fourth-order valence-corrected chi connectivity index (χ4v) is 2.45. The first-order valence-electron chi connectivity index (χ1n) is 7.13.